The molecule has 1 amide bonds. The Hall–Kier alpha value is -1.14. The molecule has 0 spiro atoms. The van der Waals surface area contributed by atoms with E-state index in [0.717, 1.165) is 6.42 Å². The molecule has 0 aliphatic carbocycles. The fourth-order valence-corrected chi connectivity index (χ4v) is 1.84. The van der Waals surface area contributed by atoms with Crippen molar-refractivity contribution in [1.82, 2.24) is 10.2 Å². The highest BCUT2D eigenvalue weighted by atomic mass is 16.4. The number of carboxylic acids is 1. The van der Waals surface area contributed by atoms with Gasteiger partial charge in [-0.2, -0.15) is 0 Å². The summed E-state index contributed by atoms with van der Waals surface area (Å²) in [4.78, 5) is 24.0. The maximum Gasteiger partial charge on any atom is 0.305 e. The Morgan fingerprint density at radius 3 is 2.88 bits per heavy atom. The first-order chi connectivity index (χ1) is 7.65. The molecule has 1 aliphatic rings. The van der Waals surface area contributed by atoms with Crippen LogP contribution in [0.25, 0.3) is 0 Å². The van der Waals surface area contributed by atoms with Crippen LogP contribution in [0.4, 0.5) is 0 Å². The molecule has 1 aliphatic heterocycles. The summed E-state index contributed by atoms with van der Waals surface area (Å²) in [6, 6.07) is -0.565. The molecular formula is C10H18N2O4. The Bertz CT molecular complexity index is 257. The molecular weight excluding hydrogens is 212 g/mol. The van der Waals surface area contributed by atoms with E-state index in [1.165, 1.54) is 0 Å². The minimum absolute atomic E-state index is 0.129. The van der Waals surface area contributed by atoms with Gasteiger partial charge in [-0.25, -0.2) is 0 Å². The van der Waals surface area contributed by atoms with Gasteiger partial charge in [0.2, 0.25) is 5.91 Å². The van der Waals surface area contributed by atoms with E-state index in [1.54, 1.807) is 0 Å². The van der Waals surface area contributed by atoms with Gasteiger partial charge in [-0.1, -0.05) is 0 Å². The lowest BCUT2D eigenvalue weighted by molar-refractivity contribution is -0.143. The highest BCUT2D eigenvalue weighted by Crippen LogP contribution is 2.10. The number of carboxylic acid groups (broad SMARTS) is 1. The van der Waals surface area contributed by atoms with Crippen molar-refractivity contribution >= 4 is 11.9 Å². The summed E-state index contributed by atoms with van der Waals surface area (Å²) in [6.45, 7) is 2.03. The minimum atomic E-state index is -0.964. The van der Waals surface area contributed by atoms with E-state index in [4.69, 9.17) is 10.2 Å². The number of rotatable bonds is 6. The average molecular weight is 230 g/mol. The molecule has 6 heteroatoms. The topological polar surface area (TPSA) is 89.9 Å². The van der Waals surface area contributed by atoms with Crippen molar-refractivity contribution in [2.45, 2.75) is 25.3 Å². The van der Waals surface area contributed by atoms with E-state index in [2.05, 4.69) is 5.32 Å². The number of carbonyl (C=O) groups is 2. The van der Waals surface area contributed by atoms with Crippen LogP contribution in [0.5, 0.6) is 0 Å². The third-order valence-corrected chi connectivity index (χ3v) is 2.66. The molecule has 6 nitrogen and oxygen atoms in total. The summed E-state index contributed by atoms with van der Waals surface area (Å²) >= 11 is 0. The summed E-state index contributed by atoms with van der Waals surface area (Å²) in [5.74, 6) is -1.17. The molecule has 0 radical (unpaired) electrons. The zero-order valence-electron chi connectivity index (χ0n) is 9.19. The summed E-state index contributed by atoms with van der Waals surface area (Å²) in [5, 5.41) is 20.1. The van der Waals surface area contributed by atoms with Crippen molar-refractivity contribution < 1.29 is 19.8 Å². The third kappa shape index (κ3) is 3.79. The molecule has 1 fully saturated rings. The molecule has 92 valence electrons. The lowest BCUT2D eigenvalue weighted by Gasteiger charge is -2.34. The maximum absolute atomic E-state index is 11.5. The Labute approximate surface area is 94.2 Å². The van der Waals surface area contributed by atoms with Crippen molar-refractivity contribution in [3.05, 3.63) is 0 Å². The fraction of sp³-hybridized carbons (Fsp3) is 0.800. The third-order valence-electron chi connectivity index (χ3n) is 2.66. The fourth-order valence-electron chi connectivity index (χ4n) is 1.84. The van der Waals surface area contributed by atoms with Crippen molar-refractivity contribution in [3.8, 4) is 0 Å². The normalized spacial score (nSPS) is 21.8. The summed E-state index contributed by atoms with van der Waals surface area (Å²) in [5.41, 5.74) is 0. The van der Waals surface area contributed by atoms with Gasteiger partial charge in [0.25, 0.3) is 0 Å². The molecule has 0 bridgehead atoms. The number of nitrogens with one attached hydrogen (secondary N) is 1. The number of hydrogen-bond acceptors (Lipinski definition) is 4. The van der Waals surface area contributed by atoms with E-state index >= 15 is 0 Å². The monoisotopic (exact) mass is 230 g/mol. The summed E-state index contributed by atoms with van der Waals surface area (Å²) < 4.78 is 0. The average Bonchev–Trinajstić information content (AvgIpc) is 2.23. The van der Waals surface area contributed by atoms with Crippen molar-refractivity contribution in [2.75, 3.05) is 26.2 Å². The lowest BCUT2D eigenvalue weighted by atomic mass is 10.1. The second-order valence-corrected chi connectivity index (χ2v) is 3.87. The molecule has 1 rings (SSSR count). The van der Waals surface area contributed by atoms with Crippen LogP contribution in [-0.4, -0.2) is 59.3 Å². The van der Waals surface area contributed by atoms with Gasteiger partial charge in [0.05, 0.1) is 12.5 Å². The molecule has 1 saturated heterocycles. The van der Waals surface area contributed by atoms with Crippen LogP contribution in [-0.2, 0) is 9.59 Å². The van der Waals surface area contributed by atoms with E-state index in [1.807, 2.05) is 4.90 Å². The van der Waals surface area contributed by atoms with Gasteiger partial charge in [-0.15, -0.1) is 0 Å². The Kier molecular flexibility index (Phi) is 5.21. The van der Waals surface area contributed by atoms with Gasteiger partial charge in [0, 0.05) is 19.7 Å². The number of piperazine rings is 1. The van der Waals surface area contributed by atoms with Crippen LogP contribution in [0.1, 0.15) is 19.3 Å². The minimum Gasteiger partial charge on any atom is -0.481 e. The number of amides is 1. The number of aliphatic carboxylic acids is 1. The van der Waals surface area contributed by atoms with E-state index in [-0.39, 0.29) is 18.9 Å². The van der Waals surface area contributed by atoms with Gasteiger partial charge in [-0.3, -0.25) is 14.5 Å². The lowest BCUT2D eigenvalue weighted by Crippen LogP contribution is -2.56. The molecule has 0 aromatic heterocycles. The maximum atomic E-state index is 11.5. The van der Waals surface area contributed by atoms with Crippen LogP contribution in [0.15, 0.2) is 0 Å². The van der Waals surface area contributed by atoms with Gasteiger partial charge >= 0.3 is 5.97 Å². The summed E-state index contributed by atoms with van der Waals surface area (Å²) in [7, 11) is 0. The number of unbranched alkanes of at least 4 members (excludes halogenated alkanes) is 1. The van der Waals surface area contributed by atoms with Crippen LogP contribution >= 0.6 is 0 Å². The molecule has 0 aromatic rings. The second kappa shape index (κ2) is 6.44. The molecule has 1 atom stereocenters. The zero-order chi connectivity index (χ0) is 12.0. The van der Waals surface area contributed by atoms with Crippen LogP contribution in [0, 0.1) is 0 Å². The van der Waals surface area contributed by atoms with Gasteiger partial charge in [0.1, 0.15) is 0 Å². The van der Waals surface area contributed by atoms with Crippen LogP contribution in [0.3, 0.4) is 0 Å². The smallest absolute Gasteiger partial charge is 0.305 e. The number of aliphatic hydroxyl groups is 1. The van der Waals surface area contributed by atoms with E-state index in [0.29, 0.717) is 26.1 Å². The highest BCUT2D eigenvalue weighted by Gasteiger charge is 2.30. The molecule has 0 aromatic carbocycles. The highest BCUT2D eigenvalue weighted by molar-refractivity contribution is 5.86. The Balaban J connectivity index is 2.49. The molecule has 1 heterocycles. The van der Waals surface area contributed by atoms with E-state index in [9.17, 15) is 9.59 Å². The standard InChI is InChI=1S/C10H18N2O4/c13-6-2-1-4-12-5-3-11-10(16)8(12)7-9(14)15/h8,13H,1-7H2,(H,11,16)(H,14,15). The largest absolute Gasteiger partial charge is 0.481 e. The SMILES string of the molecule is O=C(O)CC1C(=O)NCCN1CCCCO. The number of nitrogens with zero attached hydrogens (tertiary/aromatic N) is 1. The van der Waals surface area contributed by atoms with Gasteiger partial charge in [0.15, 0.2) is 0 Å². The number of aliphatic hydroxyl groups excluding tert-OH is 1. The van der Waals surface area contributed by atoms with Crippen LogP contribution in [0.2, 0.25) is 0 Å². The molecule has 0 saturated carbocycles. The first kappa shape index (κ1) is 12.9. The zero-order valence-corrected chi connectivity index (χ0v) is 9.19. The van der Waals surface area contributed by atoms with E-state index < -0.39 is 12.0 Å². The van der Waals surface area contributed by atoms with Crippen molar-refractivity contribution in [2.24, 2.45) is 0 Å². The van der Waals surface area contributed by atoms with Crippen molar-refractivity contribution in [3.63, 3.8) is 0 Å². The number of hydrogen-bond donors (Lipinski definition) is 3. The predicted molar refractivity (Wildman–Crippen MR) is 56.9 cm³/mol. The Morgan fingerprint density at radius 2 is 2.25 bits per heavy atom. The predicted octanol–water partition coefficient (Wildman–Crippen LogP) is -0.966. The molecule has 16 heavy (non-hydrogen) atoms. The van der Waals surface area contributed by atoms with Gasteiger partial charge in [-0.05, 0) is 19.4 Å². The first-order valence-corrected chi connectivity index (χ1v) is 5.49. The molecule has 3 N–H and O–H groups in total. The first-order valence-electron chi connectivity index (χ1n) is 5.49. The number of carbonyl (C=O) groups excluding carboxylic acids is 1. The summed E-state index contributed by atoms with van der Waals surface area (Å²) in [6.07, 6.45) is 1.29. The van der Waals surface area contributed by atoms with Crippen LogP contribution < -0.4 is 5.32 Å². The quantitative estimate of drug-likeness (QED) is 0.511. The van der Waals surface area contributed by atoms with Gasteiger partial charge < -0.3 is 15.5 Å². The van der Waals surface area contributed by atoms with Crippen molar-refractivity contribution in [1.29, 1.82) is 0 Å². The Morgan fingerprint density at radius 1 is 1.50 bits per heavy atom. The molecule has 1 unspecified atom stereocenters. The second-order valence-electron chi connectivity index (χ2n) is 3.87.